The summed E-state index contributed by atoms with van der Waals surface area (Å²) in [7, 11) is 0. The highest BCUT2D eigenvalue weighted by molar-refractivity contribution is 7.17. The van der Waals surface area contributed by atoms with Crippen molar-refractivity contribution in [3.63, 3.8) is 0 Å². The predicted octanol–water partition coefficient (Wildman–Crippen LogP) is 4.28. The molecule has 0 spiro atoms. The van der Waals surface area contributed by atoms with Crippen LogP contribution in [0.1, 0.15) is 60.4 Å². The lowest BCUT2D eigenvalue weighted by Gasteiger charge is -2.13. The maximum absolute atomic E-state index is 13.1. The summed E-state index contributed by atoms with van der Waals surface area (Å²) in [5.74, 6) is 0.0623. The summed E-state index contributed by atoms with van der Waals surface area (Å²) in [6, 6.07) is 8.19. The van der Waals surface area contributed by atoms with Gasteiger partial charge in [0.1, 0.15) is 10.7 Å². The highest BCUT2D eigenvalue weighted by atomic mass is 32.1. The third-order valence-electron chi connectivity index (χ3n) is 4.46. The van der Waals surface area contributed by atoms with Gasteiger partial charge < -0.3 is 5.11 Å². The minimum atomic E-state index is -1.09. The molecule has 0 amide bonds. The van der Waals surface area contributed by atoms with Gasteiger partial charge in [-0.25, -0.2) is 9.78 Å². The fraction of sp³-hybridized carbons (Fsp3) is 0.350. The molecule has 3 rings (SSSR count). The van der Waals surface area contributed by atoms with Gasteiger partial charge in [0, 0.05) is 11.8 Å². The van der Waals surface area contributed by atoms with E-state index in [1.165, 1.54) is 22.3 Å². The van der Waals surface area contributed by atoms with Crippen LogP contribution in [0, 0.1) is 0 Å². The van der Waals surface area contributed by atoms with E-state index in [9.17, 15) is 14.7 Å². The van der Waals surface area contributed by atoms with Crippen LogP contribution >= 0.6 is 11.3 Å². The Labute approximate surface area is 155 Å². The minimum Gasteiger partial charge on any atom is -0.478 e. The summed E-state index contributed by atoms with van der Waals surface area (Å²) in [5, 5.41) is 11.1. The molecule has 0 aliphatic carbocycles. The van der Waals surface area contributed by atoms with Gasteiger partial charge in [-0.15, -0.1) is 11.3 Å². The molecule has 6 heteroatoms. The van der Waals surface area contributed by atoms with Gasteiger partial charge in [-0.1, -0.05) is 45.0 Å². The van der Waals surface area contributed by atoms with Crippen molar-refractivity contribution in [1.29, 1.82) is 0 Å². The van der Waals surface area contributed by atoms with E-state index in [4.69, 9.17) is 0 Å². The second kappa shape index (κ2) is 7.41. The number of benzene rings is 1. The van der Waals surface area contributed by atoms with Crippen LogP contribution in [0.15, 0.2) is 34.4 Å². The Morgan fingerprint density at radius 1 is 1.27 bits per heavy atom. The third kappa shape index (κ3) is 3.42. The first-order chi connectivity index (χ1) is 12.4. The molecule has 0 saturated heterocycles. The largest absolute Gasteiger partial charge is 0.478 e. The quantitative estimate of drug-likeness (QED) is 0.703. The minimum absolute atomic E-state index is 0.0365. The standard InChI is InChI=1S/C20H22N2O3S/c1-4-5-16-21-18-17(15(11-26-18)20(24)25)19(23)22(16)10-13-6-8-14(9-7-13)12(2)3/h6-9,11-12H,4-5,10H2,1-3H3,(H,24,25). The van der Waals surface area contributed by atoms with E-state index < -0.39 is 5.97 Å². The summed E-state index contributed by atoms with van der Waals surface area (Å²) >= 11 is 1.21. The Morgan fingerprint density at radius 3 is 2.54 bits per heavy atom. The first-order valence-electron chi connectivity index (χ1n) is 8.75. The number of carboxylic acid groups (broad SMARTS) is 1. The molecule has 0 atom stereocenters. The Hall–Kier alpha value is -2.47. The summed E-state index contributed by atoms with van der Waals surface area (Å²) in [4.78, 5) is 29.6. The normalized spacial score (nSPS) is 11.4. The molecular formula is C20H22N2O3S. The van der Waals surface area contributed by atoms with Gasteiger partial charge in [0.15, 0.2) is 0 Å². The number of hydrogen-bond acceptors (Lipinski definition) is 4. The molecule has 136 valence electrons. The van der Waals surface area contributed by atoms with Gasteiger partial charge in [-0.05, 0) is 23.5 Å². The van der Waals surface area contributed by atoms with Gasteiger partial charge >= 0.3 is 5.97 Å². The maximum Gasteiger partial charge on any atom is 0.337 e. The van der Waals surface area contributed by atoms with Crippen molar-refractivity contribution in [3.05, 3.63) is 62.5 Å². The molecule has 0 radical (unpaired) electrons. The van der Waals surface area contributed by atoms with E-state index in [1.54, 1.807) is 4.57 Å². The van der Waals surface area contributed by atoms with E-state index in [0.29, 0.717) is 29.5 Å². The predicted molar refractivity (Wildman–Crippen MR) is 104 cm³/mol. The number of hydrogen-bond donors (Lipinski definition) is 1. The SMILES string of the molecule is CCCc1nc2scc(C(=O)O)c2c(=O)n1Cc1ccc(C(C)C)cc1. The Kier molecular flexibility index (Phi) is 5.23. The average molecular weight is 370 g/mol. The van der Waals surface area contributed by atoms with E-state index in [0.717, 1.165) is 12.0 Å². The zero-order valence-electron chi connectivity index (χ0n) is 15.2. The summed E-state index contributed by atoms with van der Waals surface area (Å²) in [6.07, 6.45) is 1.54. The van der Waals surface area contributed by atoms with Crippen molar-refractivity contribution in [2.45, 2.75) is 46.1 Å². The third-order valence-corrected chi connectivity index (χ3v) is 5.34. The van der Waals surface area contributed by atoms with E-state index in [1.807, 2.05) is 19.1 Å². The van der Waals surface area contributed by atoms with Gasteiger partial charge in [-0.3, -0.25) is 9.36 Å². The molecule has 0 aliphatic rings. The van der Waals surface area contributed by atoms with Crippen molar-refractivity contribution in [2.75, 3.05) is 0 Å². The van der Waals surface area contributed by atoms with Crippen molar-refractivity contribution in [1.82, 2.24) is 9.55 Å². The first kappa shape index (κ1) is 18.3. The monoisotopic (exact) mass is 370 g/mol. The lowest BCUT2D eigenvalue weighted by molar-refractivity contribution is 0.0699. The Morgan fingerprint density at radius 2 is 1.96 bits per heavy atom. The van der Waals surface area contributed by atoms with Gasteiger partial charge in [0.05, 0.1) is 17.5 Å². The molecule has 26 heavy (non-hydrogen) atoms. The molecule has 1 N–H and O–H groups in total. The van der Waals surface area contributed by atoms with E-state index in [-0.39, 0.29) is 16.5 Å². The van der Waals surface area contributed by atoms with Crippen LogP contribution in [-0.2, 0) is 13.0 Å². The average Bonchev–Trinajstić information content (AvgIpc) is 3.03. The zero-order chi connectivity index (χ0) is 18.8. The maximum atomic E-state index is 13.1. The smallest absolute Gasteiger partial charge is 0.337 e. The Bertz CT molecular complexity index is 1000. The second-order valence-electron chi connectivity index (χ2n) is 6.70. The molecule has 0 aliphatic heterocycles. The molecule has 2 aromatic heterocycles. The number of thiophene rings is 1. The Balaban J connectivity index is 2.11. The molecule has 2 heterocycles. The van der Waals surface area contributed by atoms with Gasteiger partial charge in [-0.2, -0.15) is 0 Å². The molecule has 3 aromatic rings. The van der Waals surface area contributed by atoms with E-state index in [2.05, 4.69) is 31.0 Å². The highest BCUT2D eigenvalue weighted by Gasteiger charge is 2.19. The number of nitrogens with zero attached hydrogens (tertiary/aromatic N) is 2. The molecule has 0 bridgehead atoms. The van der Waals surface area contributed by atoms with Gasteiger partial charge in [0.25, 0.3) is 5.56 Å². The van der Waals surface area contributed by atoms with Crippen molar-refractivity contribution < 1.29 is 9.90 Å². The van der Waals surface area contributed by atoms with Crippen LogP contribution in [0.2, 0.25) is 0 Å². The second-order valence-corrected chi connectivity index (χ2v) is 7.56. The molecule has 1 aromatic carbocycles. The van der Waals surface area contributed by atoms with Crippen LogP contribution in [0.3, 0.4) is 0 Å². The number of rotatable bonds is 6. The topological polar surface area (TPSA) is 72.2 Å². The van der Waals surface area contributed by atoms with Crippen LogP contribution < -0.4 is 5.56 Å². The van der Waals surface area contributed by atoms with Crippen LogP contribution in [0.5, 0.6) is 0 Å². The van der Waals surface area contributed by atoms with Crippen LogP contribution in [-0.4, -0.2) is 20.6 Å². The van der Waals surface area contributed by atoms with Crippen LogP contribution in [0.4, 0.5) is 0 Å². The highest BCUT2D eigenvalue weighted by Crippen LogP contribution is 2.23. The number of aromatic carboxylic acids is 1. The molecule has 0 unspecified atom stereocenters. The number of fused-ring (bicyclic) bond motifs is 1. The van der Waals surface area contributed by atoms with Crippen molar-refractivity contribution >= 4 is 27.5 Å². The number of aromatic nitrogens is 2. The summed E-state index contributed by atoms with van der Waals surface area (Å²) < 4.78 is 1.62. The van der Waals surface area contributed by atoms with E-state index >= 15 is 0 Å². The van der Waals surface area contributed by atoms with Gasteiger partial charge in [0.2, 0.25) is 0 Å². The summed E-state index contributed by atoms with van der Waals surface area (Å²) in [6.45, 7) is 6.71. The molecule has 5 nitrogen and oxygen atoms in total. The number of carbonyl (C=O) groups is 1. The fourth-order valence-electron chi connectivity index (χ4n) is 2.99. The number of aryl methyl sites for hydroxylation is 1. The molecular weight excluding hydrogens is 348 g/mol. The molecule has 0 saturated carbocycles. The summed E-state index contributed by atoms with van der Waals surface area (Å²) in [5.41, 5.74) is 2.01. The lowest BCUT2D eigenvalue weighted by Crippen LogP contribution is -2.26. The lowest BCUT2D eigenvalue weighted by atomic mass is 10.0. The van der Waals surface area contributed by atoms with Crippen LogP contribution in [0.25, 0.3) is 10.2 Å². The van der Waals surface area contributed by atoms with Crippen molar-refractivity contribution in [2.24, 2.45) is 0 Å². The number of carboxylic acids is 1. The zero-order valence-corrected chi connectivity index (χ0v) is 16.0. The van der Waals surface area contributed by atoms with Crippen molar-refractivity contribution in [3.8, 4) is 0 Å². The molecule has 0 fully saturated rings. The first-order valence-corrected chi connectivity index (χ1v) is 9.63. The fourth-order valence-corrected chi connectivity index (χ4v) is 3.91.